The molecular formula is C29H46O3. The van der Waals surface area contributed by atoms with Gasteiger partial charge < -0.3 is 4.74 Å². The molecule has 0 aromatic rings. The molecule has 180 valence electrons. The second-order valence-corrected chi connectivity index (χ2v) is 13.3. The molecule has 5 aliphatic rings. The van der Waals surface area contributed by atoms with Crippen molar-refractivity contribution in [2.45, 2.75) is 112 Å². The Balaban J connectivity index is 1.34. The Labute approximate surface area is 195 Å². The zero-order valence-electron chi connectivity index (χ0n) is 21.4. The Kier molecular flexibility index (Phi) is 5.71. The molecular weight excluding hydrogens is 396 g/mol. The maximum absolute atomic E-state index is 13.3. The highest BCUT2D eigenvalue weighted by Gasteiger charge is 2.64. The molecule has 0 N–H and O–H groups in total. The minimum absolute atomic E-state index is 0.00751. The number of hydrogen-bond acceptors (Lipinski definition) is 3. The molecule has 4 aliphatic carbocycles. The van der Waals surface area contributed by atoms with E-state index in [0.717, 1.165) is 18.8 Å². The van der Waals surface area contributed by atoms with Gasteiger partial charge in [-0.05, 0) is 84.4 Å². The van der Waals surface area contributed by atoms with Gasteiger partial charge in [-0.15, -0.1) is 0 Å². The average Bonchev–Trinajstić information content (AvgIpc) is 3.43. The van der Waals surface area contributed by atoms with Crippen LogP contribution in [0.2, 0.25) is 0 Å². The fourth-order valence-corrected chi connectivity index (χ4v) is 9.96. The molecule has 0 bridgehead atoms. The van der Waals surface area contributed by atoms with Crippen LogP contribution in [-0.2, 0) is 14.3 Å². The predicted octanol–water partition coefficient (Wildman–Crippen LogP) is 6.48. The van der Waals surface area contributed by atoms with Crippen LogP contribution in [0, 0.1) is 58.2 Å². The van der Waals surface area contributed by atoms with Gasteiger partial charge in [0.25, 0.3) is 0 Å². The maximum Gasteiger partial charge on any atom is 0.137 e. The topological polar surface area (TPSA) is 46.7 Å². The largest absolute Gasteiger partial charge is 0.369 e. The fraction of sp³-hybridized carbons (Fsp3) is 0.931. The Morgan fingerprint density at radius 2 is 1.66 bits per heavy atom. The van der Waals surface area contributed by atoms with Crippen molar-refractivity contribution in [2.24, 2.45) is 58.2 Å². The summed E-state index contributed by atoms with van der Waals surface area (Å²) in [5.41, 5.74) is 0.417. The summed E-state index contributed by atoms with van der Waals surface area (Å²) < 4.78 is 6.36. The molecule has 0 aromatic carbocycles. The molecule has 4 saturated carbocycles. The predicted molar refractivity (Wildman–Crippen MR) is 127 cm³/mol. The first-order valence-corrected chi connectivity index (χ1v) is 13.8. The van der Waals surface area contributed by atoms with Crippen molar-refractivity contribution in [1.29, 1.82) is 0 Å². The lowest BCUT2D eigenvalue weighted by atomic mass is 9.44. The molecule has 5 rings (SSSR count). The monoisotopic (exact) mass is 442 g/mol. The van der Waals surface area contributed by atoms with Crippen LogP contribution in [0.1, 0.15) is 99.3 Å². The van der Waals surface area contributed by atoms with Gasteiger partial charge in [0.2, 0.25) is 0 Å². The van der Waals surface area contributed by atoms with Gasteiger partial charge >= 0.3 is 0 Å². The van der Waals surface area contributed by atoms with Crippen LogP contribution in [-0.4, -0.2) is 23.8 Å². The summed E-state index contributed by atoms with van der Waals surface area (Å²) in [6.45, 7) is 14.4. The van der Waals surface area contributed by atoms with Crippen LogP contribution in [0.25, 0.3) is 0 Å². The van der Waals surface area contributed by atoms with E-state index in [-0.39, 0.29) is 11.3 Å². The van der Waals surface area contributed by atoms with E-state index >= 15 is 0 Å². The summed E-state index contributed by atoms with van der Waals surface area (Å²) in [5, 5.41) is 0. The Morgan fingerprint density at radius 3 is 2.34 bits per heavy atom. The summed E-state index contributed by atoms with van der Waals surface area (Å²) in [4.78, 5) is 25.5. The number of epoxide rings is 1. The number of hydrogen-bond donors (Lipinski definition) is 0. The third-order valence-electron chi connectivity index (χ3n) is 11.8. The van der Waals surface area contributed by atoms with E-state index in [4.69, 9.17) is 4.74 Å². The van der Waals surface area contributed by atoms with Crippen molar-refractivity contribution in [1.82, 2.24) is 0 Å². The van der Waals surface area contributed by atoms with Crippen molar-refractivity contribution < 1.29 is 14.3 Å². The zero-order chi connectivity index (χ0) is 23.0. The van der Waals surface area contributed by atoms with Crippen molar-refractivity contribution >= 4 is 11.6 Å². The number of fused-ring (bicyclic) bond motifs is 5. The highest BCUT2D eigenvalue weighted by Crippen LogP contribution is 2.68. The minimum atomic E-state index is 0.00751. The van der Waals surface area contributed by atoms with Gasteiger partial charge in [-0.1, -0.05) is 48.0 Å². The molecule has 5 fully saturated rings. The molecule has 1 aliphatic heterocycles. The van der Waals surface area contributed by atoms with Gasteiger partial charge in [-0.25, -0.2) is 0 Å². The van der Waals surface area contributed by atoms with Crippen LogP contribution in [0.15, 0.2) is 0 Å². The number of Topliss-reactive ketones (excluding diaryl/α,β-unsaturated/α-hetero) is 2. The van der Waals surface area contributed by atoms with Crippen molar-refractivity contribution in [3.63, 3.8) is 0 Å². The van der Waals surface area contributed by atoms with Crippen LogP contribution < -0.4 is 0 Å². The Bertz CT molecular complexity index is 772. The van der Waals surface area contributed by atoms with Gasteiger partial charge in [0.15, 0.2) is 0 Å². The van der Waals surface area contributed by atoms with Crippen LogP contribution in [0.5, 0.6) is 0 Å². The Hall–Kier alpha value is -0.700. The number of ether oxygens (including phenoxy) is 1. The molecule has 2 unspecified atom stereocenters. The van der Waals surface area contributed by atoms with Gasteiger partial charge in [0.05, 0.1) is 12.2 Å². The first kappa shape index (κ1) is 23.1. The summed E-state index contributed by atoms with van der Waals surface area (Å²) in [6, 6.07) is 0. The second kappa shape index (κ2) is 7.92. The van der Waals surface area contributed by atoms with E-state index < -0.39 is 0 Å². The first-order valence-electron chi connectivity index (χ1n) is 13.8. The second-order valence-electron chi connectivity index (χ2n) is 13.3. The molecule has 0 amide bonds. The standard InChI is InChI=1S/C29H46O3/c1-7-19(16(2)3)27-26(32-27)17(4)21-8-9-22-20-15-25(31)24-14-18(30)10-12-29(24,6)23(20)11-13-28(21,22)5/h16-17,19-24,26-27H,7-15H2,1-6H3/t17-,19-,20-,21+,22-,23-,24+,26?,27?,28+,29+/m0/s1. The minimum Gasteiger partial charge on any atom is -0.369 e. The van der Waals surface area contributed by atoms with E-state index in [0.29, 0.717) is 77.5 Å². The Morgan fingerprint density at radius 1 is 0.938 bits per heavy atom. The van der Waals surface area contributed by atoms with Gasteiger partial charge in [0, 0.05) is 25.2 Å². The smallest absolute Gasteiger partial charge is 0.137 e. The van der Waals surface area contributed by atoms with Crippen LogP contribution >= 0.6 is 0 Å². The normalized spacial score (nSPS) is 49.9. The van der Waals surface area contributed by atoms with E-state index in [1.165, 1.54) is 32.1 Å². The van der Waals surface area contributed by atoms with Crippen molar-refractivity contribution in [3.05, 3.63) is 0 Å². The van der Waals surface area contributed by atoms with Gasteiger partial charge in [0.1, 0.15) is 11.6 Å². The van der Waals surface area contributed by atoms with Crippen molar-refractivity contribution in [2.75, 3.05) is 0 Å². The maximum atomic E-state index is 13.3. The molecule has 0 radical (unpaired) electrons. The number of rotatable bonds is 5. The summed E-state index contributed by atoms with van der Waals surface area (Å²) in [6.07, 6.45) is 10.2. The summed E-state index contributed by atoms with van der Waals surface area (Å²) >= 11 is 0. The molecule has 1 heterocycles. The van der Waals surface area contributed by atoms with E-state index in [1.54, 1.807) is 0 Å². The average molecular weight is 443 g/mol. The zero-order valence-corrected chi connectivity index (χ0v) is 21.4. The summed E-state index contributed by atoms with van der Waals surface area (Å²) in [5.74, 6) is 5.32. The fourth-order valence-electron chi connectivity index (χ4n) is 9.96. The van der Waals surface area contributed by atoms with Crippen molar-refractivity contribution in [3.8, 4) is 0 Å². The molecule has 0 aromatic heterocycles. The number of ketones is 2. The lowest BCUT2D eigenvalue weighted by molar-refractivity contribution is -0.159. The highest BCUT2D eigenvalue weighted by molar-refractivity contribution is 5.90. The van der Waals surface area contributed by atoms with E-state index in [1.807, 2.05) is 0 Å². The third-order valence-corrected chi connectivity index (χ3v) is 11.8. The van der Waals surface area contributed by atoms with Crippen LogP contribution in [0.3, 0.4) is 0 Å². The lowest BCUT2D eigenvalue weighted by Gasteiger charge is -2.59. The SMILES string of the molecule is CC[C@@H](C(C)C)C1OC1[C@@H](C)[C@H]1CC[C@H]2[C@@H]3CC(=O)[C@H]4CC(=O)CC[C@]4(C)[C@H]3CC[C@]12C. The van der Waals surface area contributed by atoms with Gasteiger partial charge in [-0.2, -0.15) is 0 Å². The quantitative estimate of drug-likeness (QED) is 0.458. The number of carbonyl (C=O) groups is 2. The van der Waals surface area contributed by atoms with Gasteiger partial charge in [-0.3, -0.25) is 9.59 Å². The van der Waals surface area contributed by atoms with E-state index in [9.17, 15) is 9.59 Å². The molecule has 3 heteroatoms. The van der Waals surface area contributed by atoms with Crippen LogP contribution in [0.4, 0.5) is 0 Å². The third kappa shape index (κ3) is 3.30. The first-order chi connectivity index (χ1) is 15.1. The van der Waals surface area contributed by atoms with E-state index in [2.05, 4.69) is 41.5 Å². The summed E-state index contributed by atoms with van der Waals surface area (Å²) in [7, 11) is 0. The molecule has 11 atom stereocenters. The molecule has 1 saturated heterocycles. The lowest BCUT2D eigenvalue weighted by Crippen LogP contribution is -2.56. The molecule has 0 spiro atoms. The molecule has 32 heavy (non-hydrogen) atoms. The molecule has 3 nitrogen and oxygen atoms in total. The number of carbonyl (C=O) groups excluding carboxylic acids is 2. The highest BCUT2D eigenvalue weighted by atomic mass is 16.6.